The van der Waals surface area contributed by atoms with Crippen molar-refractivity contribution in [3.8, 4) is 11.5 Å². The Labute approximate surface area is 189 Å². The van der Waals surface area contributed by atoms with Gasteiger partial charge in [0.05, 0.1) is 24.4 Å². The topological polar surface area (TPSA) is 54.9 Å². The molecule has 1 aliphatic rings. The Bertz CT molecular complexity index is 909. The van der Waals surface area contributed by atoms with Crippen molar-refractivity contribution in [3.63, 3.8) is 0 Å². The van der Waals surface area contributed by atoms with Crippen LogP contribution in [0.15, 0.2) is 29.7 Å². The molecule has 0 saturated carbocycles. The molecule has 1 saturated heterocycles. The molecule has 0 atom stereocenters. The molecule has 1 fully saturated rings. The van der Waals surface area contributed by atoms with Crippen LogP contribution in [0.4, 0.5) is 0 Å². The van der Waals surface area contributed by atoms with Crippen molar-refractivity contribution < 1.29 is 14.3 Å². The van der Waals surface area contributed by atoms with Gasteiger partial charge in [-0.3, -0.25) is 9.69 Å². The summed E-state index contributed by atoms with van der Waals surface area (Å²) >= 11 is 1.73. The second-order valence-electron chi connectivity index (χ2n) is 8.67. The molecule has 1 aromatic carbocycles. The number of amides is 1. The zero-order chi connectivity index (χ0) is 22.4. The molecule has 0 unspecified atom stereocenters. The fourth-order valence-corrected chi connectivity index (χ4v) is 4.32. The van der Waals surface area contributed by atoms with Gasteiger partial charge in [0.2, 0.25) is 5.91 Å². The molecule has 0 radical (unpaired) electrons. The molecule has 2 heterocycles. The van der Waals surface area contributed by atoms with Crippen molar-refractivity contribution in [2.24, 2.45) is 0 Å². The SMILES string of the molecule is CCOc1cc(/C=C/C(=O)N2CCN(Cc3csc(C(C)(C)C)n3)CC2)ccc1OC. The number of benzene rings is 1. The minimum absolute atomic E-state index is 0.0390. The second kappa shape index (κ2) is 10.3. The highest BCUT2D eigenvalue weighted by atomic mass is 32.1. The van der Waals surface area contributed by atoms with Gasteiger partial charge in [-0.05, 0) is 30.7 Å². The second-order valence-corrected chi connectivity index (χ2v) is 9.53. The zero-order valence-corrected chi connectivity index (χ0v) is 20.0. The van der Waals surface area contributed by atoms with Gasteiger partial charge in [-0.15, -0.1) is 11.3 Å². The number of methoxy groups -OCH3 is 1. The highest BCUT2D eigenvalue weighted by Gasteiger charge is 2.22. The van der Waals surface area contributed by atoms with E-state index in [2.05, 4.69) is 31.1 Å². The molecule has 0 aliphatic carbocycles. The van der Waals surface area contributed by atoms with E-state index < -0.39 is 0 Å². The van der Waals surface area contributed by atoms with Gasteiger partial charge in [0, 0.05) is 49.6 Å². The number of carbonyl (C=O) groups is 1. The molecule has 31 heavy (non-hydrogen) atoms. The summed E-state index contributed by atoms with van der Waals surface area (Å²) in [4.78, 5) is 21.7. The largest absolute Gasteiger partial charge is 0.493 e. The van der Waals surface area contributed by atoms with Crippen LogP contribution in [0.1, 0.15) is 44.0 Å². The smallest absolute Gasteiger partial charge is 0.246 e. The maximum Gasteiger partial charge on any atom is 0.246 e. The van der Waals surface area contributed by atoms with Gasteiger partial charge in [0.1, 0.15) is 0 Å². The van der Waals surface area contributed by atoms with Crippen LogP contribution in [0.5, 0.6) is 11.5 Å². The molecule has 1 aliphatic heterocycles. The van der Waals surface area contributed by atoms with E-state index in [-0.39, 0.29) is 11.3 Å². The van der Waals surface area contributed by atoms with E-state index in [1.165, 1.54) is 5.01 Å². The fraction of sp³-hybridized carbons (Fsp3) is 0.500. The molecule has 1 aromatic heterocycles. The first kappa shape index (κ1) is 23.3. The van der Waals surface area contributed by atoms with E-state index in [9.17, 15) is 4.79 Å². The highest BCUT2D eigenvalue weighted by Crippen LogP contribution is 2.29. The monoisotopic (exact) mass is 443 g/mol. The van der Waals surface area contributed by atoms with Gasteiger partial charge in [-0.25, -0.2) is 4.98 Å². The molecule has 168 valence electrons. The predicted octanol–water partition coefficient (Wildman–Crippen LogP) is 4.21. The Morgan fingerprint density at radius 2 is 1.94 bits per heavy atom. The van der Waals surface area contributed by atoms with E-state index in [0.29, 0.717) is 18.1 Å². The molecule has 6 nitrogen and oxygen atoms in total. The third-order valence-electron chi connectivity index (χ3n) is 5.17. The van der Waals surface area contributed by atoms with E-state index >= 15 is 0 Å². The summed E-state index contributed by atoms with van der Waals surface area (Å²) in [7, 11) is 1.62. The predicted molar refractivity (Wildman–Crippen MR) is 126 cm³/mol. The van der Waals surface area contributed by atoms with Gasteiger partial charge in [0.15, 0.2) is 11.5 Å². The summed E-state index contributed by atoms with van der Waals surface area (Å²) in [6.07, 6.45) is 3.48. The Morgan fingerprint density at radius 1 is 1.19 bits per heavy atom. The average Bonchev–Trinajstić information content (AvgIpc) is 3.22. The molecule has 1 amide bonds. The summed E-state index contributed by atoms with van der Waals surface area (Å²) in [6, 6.07) is 5.67. The molecule has 2 aromatic rings. The first-order chi connectivity index (χ1) is 14.8. The van der Waals surface area contributed by atoms with E-state index in [4.69, 9.17) is 14.5 Å². The van der Waals surface area contributed by atoms with Crippen LogP contribution >= 0.6 is 11.3 Å². The van der Waals surface area contributed by atoms with Crippen LogP contribution in [0, 0.1) is 0 Å². The summed E-state index contributed by atoms with van der Waals surface area (Å²) in [5.74, 6) is 1.41. The number of thiazole rings is 1. The first-order valence-corrected chi connectivity index (χ1v) is 11.6. The van der Waals surface area contributed by atoms with Crippen LogP contribution < -0.4 is 9.47 Å². The van der Waals surface area contributed by atoms with Gasteiger partial charge < -0.3 is 14.4 Å². The minimum atomic E-state index is 0.0390. The van der Waals surface area contributed by atoms with Gasteiger partial charge >= 0.3 is 0 Å². The molecule has 7 heteroatoms. The van der Waals surface area contributed by atoms with Gasteiger partial charge in [-0.1, -0.05) is 26.8 Å². The van der Waals surface area contributed by atoms with Crippen LogP contribution in [0.2, 0.25) is 0 Å². The number of ether oxygens (including phenoxy) is 2. The molecule has 0 spiro atoms. The summed E-state index contributed by atoms with van der Waals surface area (Å²) in [6.45, 7) is 13.1. The Hall–Kier alpha value is -2.38. The molecular formula is C24H33N3O3S. The summed E-state index contributed by atoms with van der Waals surface area (Å²) in [5.41, 5.74) is 2.13. The third kappa shape index (κ3) is 6.31. The van der Waals surface area contributed by atoms with Crippen molar-refractivity contribution in [1.82, 2.24) is 14.8 Å². The van der Waals surface area contributed by atoms with E-state index in [0.717, 1.165) is 44.0 Å². The normalized spacial score (nSPS) is 15.5. The Morgan fingerprint density at radius 3 is 2.55 bits per heavy atom. The van der Waals surface area contributed by atoms with Crippen molar-refractivity contribution in [1.29, 1.82) is 0 Å². The first-order valence-electron chi connectivity index (χ1n) is 10.7. The fourth-order valence-electron chi connectivity index (χ4n) is 3.42. The van der Waals surface area contributed by atoms with Crippen LogP contribution in [0.3, 0.4) is 0 Å². The average molecular weight is 444 g/mol. The number of piperazine rings is 1. The van der Waals surface area contributed by atoms with Crippen molar-refractivity contribution in [2.75, 3.05) is 39.9 Å². The van der Waals surface area contributed by atoms with Crippen LogP contribution in [-0.4, -0.2) is 60.6 Å². The van der Waals surface area contributed by atoms with Crippen LogP contribution in [-0.2, 0) is 16.8 Å². The highest BCUT2D eigenvalue weighted by molar-refractivity contribution is 7.09. The molecule has 3 rings (SSSR count). The maximum absolute atomic E-state index is 12.6. The maximum atomic E-state index is 12.6. The minimum Gasteiger partial charge on any atom is -0.493 e. The lowest BCUT2D eigenvalue weighted by Gasteiger charge is -2.33. The number of hydrogen-bond donors (Lipinski definition) is 0. The number of aromatic nitrogens is 1. The molecule has 0 N–H and O–H groups in total. The number of carbonyl (C=O) groups excluding carboxylic acids is 1. The summed E-state index contributed by atoms with van der Waals surface area (Å²) in [5, 5.41) is 3.33. The lowest BCUT2D eigenvalue weighted by molar-refractivity contribution is -0.127. The van der Waals surface area contributed by atoms with Crippen molar-refractivity contribution in [3.05, 3.63) is 45.9 Å². The van der Waals surface area contributed by atoms with Gasteiger partial charge in [0.25, 0.3) is 0 Å². The van der Waals surface area contributed by atoms with E-state index in [1.54, 1.807) is 24.5 Å². The van der Waals surface area contributed by atoms with Gasteiger partial charge in [-0.2, -0.15) is 0 Å². The Balaban J connectivity index is 1.52. The number of hydrogen-bond acceptors (Lipinski definition) is 6. The lowest BCUT2D eigenvalue weighted by atomic mass is 9.98. The van der Waals surface area contributed by atoms with Crippen LogP contribution in [0.25, 0.3) is 6.08 Å². The van der Waals surface area contributed by atoms with Crippen molar-refractivity contribution >= 4 is 23.3 Å². The standard InChI is InChI=1S/C24H33N3O3S/c1-6-30-21-15-18(7-9-20(21)29-5)8-10-22(28)27-13-11-26(12-14-27)16-19-17-31-23(25-19)24(2,3)4/h7-10,15,17H,6,11-14,16H2,1-5H3/b10-8+. The lowest BCUT2D eigenvalue weighted by Crippen LogP contribution is -2.47. The number of rotatable bonds is 7. The van der Waals surface area contributed by atoms with Crippen molar-refractivity contribution in [2.45, 2.75) is 39.7 Å². The molecular weight excluding hydrogens is 410 g/mol. The van der Waals surface area contributed by atoms with E-state index in [1.807, 2.05) is 36.1 Å². The number of nitrogens with zero attached hydrogens (tertiary/aromatic N) is 3. The quantitative estimate of drug-likeness (QED) is 0.600. The molecule has 0 bridgehead atoms. The zero-order valence-electron chi connectivity index (χ0n) is 19.2. The third-order valence-corrected chi connectivity index (χ3v) is 6.49. The summed E-state index contributed by atoms with van der Waals surface area (Å²) < 4.78 is 10.9. The Kier molecular flexibility index (Phi) is 7.73.